The summed E-state index contributed by atoms with van der Waals surface area (Å²) in [4.78, 5) is 15.6. The van der Waals surface area contributed by atoms with Gasteiger partial charge in [-0.1, -0.05) is 44.2 Å². The minimum Gasteiger partial charge on any atom is -0.443 e. The van der Waals surface area contributed by atoms with Gasteiger partial charge < -0.3 is 9.64 Å². The molecule has 1 fully saturated rings. The molecule has 0 radical (unpaired) electrons. The van der Waals surface area contributed by atoms with E-state index < -0.39 is 17.4 Å². The number of halogens is 2. The molecule has 1 atom stereocenters. The summed E-state index contributed by atoms with van der Waals surface area (Å²) >= 11 is 0. The molecule has 2 heterocycles. The molecule has 170 valence electrons. The number of carbonyl (C=O) groups excluding carboxylic acids is 1. The standard InChI is InChI=1S/C25H29F2N3O2/c1-18(2)24(31)30-25(19-9-4-3-5-10-19,13-8-16-29-14-6-7-15-29)32-23(28-30)21-17-20(26)11-12-22(21)27/h3-5,9-12,17-18H,6-8,13-16H2,1-2H3. The topological polar surface area (TPSA) is 45.1 Å². The molecular formula is C25H29F2N3O2. The second kappa shape index (κ2) is 9.36. The van der Waals surface area contributed by atoms with E-state index in [1.54, 1.807) is 13.8 Å². The Kier molecular flexibility index (Phi) is 6.55. The Morgan fingerprint density at radius 3 is 2.53 bits per heavy atom. The molecule has 0 saturated carbocycles. The highest BCUT2D eigenvalue weighted by molar-refractivity contribution is 5.97. The van der Waals surface area contributed by atoms with Gasteiger partial charge in [0.15, 0.2) is 0 Å². The van der Waals surface area contributed by atoms with Gasteiger partial charge >= 0.3 is 0 Å². The Morgan fingerprint density at radius 2 is 1.84 bits per heavy atom. The Morgan fingerprint density at radius 1 is 1.12 bits per heavy atom. The molecule has 0 aromatic heterocycles. The van der Waals surface area contributed by atoms with Crippen LogP contribution in [0.3, 0.4) is 0 Å². The van der Waals surface area contributed by atoms with E-state index in [0.717, 1.165) is 49.8 Å². The lowest BCUT2D eigenvalue weighted by Gasteiger charge is -2.36. The van der Waals surface area contributed by atoms with Gasteiger partial charge in [0.25, 0.3) is 0 Å². The van der Waals surface area contributed by atoms with Crippen LogP contribution in [0.4, 0.5) is 8.78 Å². The molecule has 2 aromatic carbocycles. The van der Waals surface area contributed by atoms with Gasteiger partial charge in [0.2, 0.25) is 17.5 Å². The third-order valence-corrected chi connectivity index (χ3v) is 6.07. The molecule has 0 N–H and O–H groups in total. The first-order valence-electron chi connectivity index (χ1n) is 11.3. The summed E-state index contributed by atoms with van der Waals surface area (Å²) in [5.41, 5.74) is -0.550. The number of hydrazone groups is 1. The molecule has 7 heteroatoms. The number of hydrogen-bond acceptors (Lipinski definition) is 4. The number of rotatable bonds is 7. The van der Waals surface area contributed by atoms with Crippen LogP contribution in [0.15, 0.2) is 53.6 Å². The molecule has 2 aromatic rings. The van der Waals surface area contributed by atoms with Gasteiger partial charge in [0, 0.05) is 17.9 Å². The molecule has 1 amide bonds. The van der Waals surface area contributed by atoms with Crippen LogP contribution >= 0.6 is 0 Å². The highest BCUT2D eigenvalue weighted by atomic mass is 19.1. The largest absolute Gasteiger partial charge is 0.443 e. The first kappa shape index (κ1) is 22.4. The molecule has 32 heavy (non-hydrogen) atoms. The quantitative estimate of drug-likeness (QED) is 0.616. The van der Waals surface area contributed by atoms with Crippen molar-refractivity contribution in [3.63, 3.8) is 0 Å². The number of carbonyl (C=O) groups is 1. The molecule has 2 aliphatic heterocycles. The number of likely N-dealkylation sites (tertiary alicyclic amines) is 1. The summed E-state index contributed by atoms with van der Waals surface area (Å²) in [5, 5.41) is 5.76. The highest BCUT2D eigenvalue weighted by Crippen LogP contribution is 2.42. The van der Waals surface area contributed by atoms with E-state index in [-0.39, 0.29) is 23.3 Å². The zero-order valence-electron chi connectivity index (χ0n) is 18.6. The lowest BCUT2D eigenvalue weighted by molar-refractivity contribution is -0.156. The van der Waals surface area contributed by atoms with E-state index in [2.05, 4.69) is 10.0 Å². The molecular weight excluding hydrogens is 412 g/mol. The monoisotopic (exact) mass is 441 g/mol. The Hall–Kier alpha value is -2.80. The van der Waals surface area contributed by atoms with Crippen molar-refractivity contribution in [3.05, 3.63) is 71.3 Å². The van der Waals surface area contributed by atoms with E-state index in [1.165, 1.54) is 17.9 Å². The van der Waals surface area contributed by atoms with Gasteiger partial charge in [-0.3, -0.25) is 4.79 Å². The van der Waals surface area contributed by atoms with Crippen molar-refractivity contribution in [2.75, 3.05) is 19.6 Å². The summed E-state index contributed by atoms with van der Waals surface area (Å²) in [7, 11) is 0. The number of ether oxygens (including phenoxy) is 1. The number of benzene rings is 2. The summed E-state index contributed by atoms with van der Waals surface area (Å²) in [6.45, 7) is 6.61. The van der Waals surface area contributed by atoms with E-state index >= 15 is 0 Å². The maximum atomic E-state index is 14.6. The SMILES string of the molecule is CC(C)C(=O)N1N=C(c2cc(F)ccc2F)OC1(CCCN1CCCC1)c1ccccc1. The Balaban J connectivity index is 1.73. The fraction of sp³-hybridized carbons (Fsp3) is 0.440. The zero-order chi connectivity index (χ0) is 22.7. The van der Waals surface area contributed by atoms with Crippen LogP contribution in [-0.2, 0) is 15.3 Å². The van der Waals surface area contributed by atoms with E-state index in [1.807, 2.05) is 30.3 Å². The smallest absolute Gasteiger partial charge is 0.249 e. The van der Waals surface area contributed by atoms with Crippen LogP contribution in [0.2, 0.25) is 0 Å². The van der Waals surface area contributed by atoms with Crippen molar-refractivity contribution in [1.82, 2.24) is 9.91 Å². The number of amides is 1. The summed E-state index contributed by atoms with van der Waals surface area (Å²) in [6.07, 6.45) is 3.65. The second-order valence-corrected chi connectivity index (χ2v) is 8.74. The first-order valence-corrected chi connectivity index (χ1v) is 11.3. The second-order valence-electron chi connectivity index (χ2n) is 8.74. The van der Waals surface area contributed by atoms with E-state index in [4.69, 9.17) is 4.74 Å². The van der Waals surface area contributed by atoms with Gasteiger partial charge in [0.1, 0.15) is 11.6 Å². The summed E-state index contributed by atoms with van der Waals surface area (Å²) in [5.74, 6) is -1.91. The van der Waals surface area contributed by atoms with E-state index in [0.29, 0.717) is 6.42 Å². The molecule has 2 aliphatic rings. The third-order valence-electron chi connectivity index (χ3n) is 6.07. The average molecular weight is 442 g/mol. The minimum atomic E-state index is -1.21. The number of hydrogen-bond donors (Lipinski definition) is 0. The van der Waals surface area contributed by atoms with Gasteiger partial charge in [-0.2, -0.15) is 5.01 Å². The Bertz CT molecular complexity index is 990. The normalized spacial score (nSPS) is 21.2. The first-order chi connectivity index (χ1) is 15.4. The van der Waals surface area contributed by atoms with Crippen LogP contribution in [0, 0.1) is 17.6 Å². The fourth-order valence-corrected chi connectivity index (χ4v) is 4.37. The van der Waals surface area contributed by atoms with Crippen LogP contribution in [-0.4, -0.2) is 41.3 Å². The maximum Gasteiger partial charge on any atom is 0.249 e. The van der Waals surface area contributed by atoms with E-state index in [9.17, 15) is 13.6 Å². The van der Waals surface area contributed by atoms with Crippen LogP contribution in [0.5, 0.6) is 0 Å². The fourth-order valence-electron chi connectivity index (χ4n) is 4.37. The third kappa shape index (κ3) is 4.39. The highest BCUT2D eigenvalue weighted by Gasteiger charge is 2.50. The number of nitrogens with zero attached hydrogens (tertiary/aromatic N) is 3. The lowest BCUT2D eigenvalue weighted by Crippen LogP contribution is -2.47. The van der Waals surface area contributed by atoms with Gasteiger partial charge in [-0.15, -0.1) is 5.10 Å². The van der Waals surface area contributed by atoms with Crippen LogP contribution in [0.1, 0.15) is 50.7 Å². The molecule has 0 aliphatic carbocycles. The summed E-state index contributed by atoms with van der Waals surface area (Å²) < 4.78 is 34.8. The van der Waals surface area contributed by atoms with Gasteiger partial charge in [-0.05, 0) is 57.1 Å². The average Bonchev–Trinajstić information content (AvgIpc) is 3.44. The van der Waals surface area contributed by atoms with Crippen molar-refractivity contribution in [1.29, 1.82) is 0 Å². The zero-order valence-corrected chi connectivity index (χ0v) is 18.6. The predicted molar refractivity (Wildman–Crippen MR) is 119 cm³/mol. The Labute approximate surface area is 187 Å². The van der Waals surface area contributed by atoms with Gasteiger partial charge in [-0.25, -0.2) is 8.78 Å². The molecule has 5 nitrogen and oxygen atoms in total. The molecule has 4 rings (SSSR count). The lowest BCUT2D eigenvalue weighted by atomic mass is 9.95. The van der Waals surface area contributed by atoms with Crippen molar-refractivity contribution >= 4 is 11.8 Å². The predicted octanol–water partition coefficient (Wildman–Crippen LogP) is 4.87. The van der Waals surface area contributed by atoms with Crippen molar-refractivity contribution in [3.8, 4) is 0 Å². The van der Waals surface area contributed by atoms with Crippen LogP contribution < -0.4 is 0 Å². The molecule has 1 saturated heterocycles. The molecule has 1 unspecified atom stereocenters. The van der Waals surface area contributed by atoms with Crippen molar-refractivity contribution in [2.24, 2.45) is 11.0 Å². The minimum absolute atomic E-state index is 0.0824. The molecule has 0 bridgehead atoms. The molecule has 0 spiro atoms. The van der Waals surface area contributed by atoms with Crippen LogP contribution in [0.25, 0.3) is 0 Å². The maximum absolute atomic E-state index is 14.6. The van der Waals surface area contributed by atoms with Crippen molar-refractivity contribution < 1.29 is 18.3 Å². The van der Waals surface area contributed by atoms with Crippen molar-refractivity contribution in [2.45, 2.75) is 45.3 Å². The van der Waals surface area contributed by atoms with Gasteiger partial charge in [0.05, 0.1) is 5.56 Å². The summed E-state index contributed by atoms with van der Waals surface area (Å²) in [6, 6.07) is 12.6.